The van der Waals surface area contributed by atoms with E-state index in [9.17, 15) is 8.42 Å². The van der Waals surface area contributed by atoms with Gasteiger partial charge in [-0.1, -0.05) is 65.1 Å². The van der Waals surface area contributed by atoms with E-state index in [1.54, 1.807) is 24.3 Å². The summed E-state index contributed by atoms with van der Waals surface area (Å²) in [5.74, 6) is -0.152. The molecule has 21 heavy (non-hydrogen) atoms. The molecule has 0 N–H and O–H groups in total. The highest BCUT2D eigenvalue weighted by molar-refractivity contribution is 7.90. The topological polar surface area (TPSA) is 43.4 Å². The highest BCUT2D eigenvalue weighted by Crippen LogP contribution is 2.36. The van der Waals surface area contributed by atoms with Crippen molar-refractivity contribution in [3.05, 3.63) is 68.5 Å². The van der Waals surface area contributed by atoms with Crippen LogP contribution >= 0.6 is 34.8 Å². The molecule has 0 aliphatic carbocycles. The van der Waals surface area contributed by atoms with Gasteiger partial charge in [-0.15, -0.1) is 0 Å². The molecular formula is C14H9Cl3O3S. The van der Waals surface area contributed by atoms with Gasteiger partial charge in [0.2, 0.25) is 0 Å². The van der Waals surface area contributed by atoms with Crippen LogP contribution in [0.1, 0.15) is 5.56 Å². The SMILES string of the molecule is O=S(=O)(C=Cc1ccccc1)Oc1c(Cl)cc(Cl)cc1Cl. The van der Waals surface area contributed by atoms with E-state index in [1.165, 1.54) is 18.2 Å². The van der Waals surface area contributed by atoms with Crippen LogP contribution in [0.5, 0.6) is 5.75 Å². The van der Waals surface area contributed by atoms with Crippen LogP contribution in [-0.4, -0.2) is 8.42 Å². The molecule has 2 rings (SSSR count). The van der Waals surface area contributed by atoms with Crippen LogP contribution in [0.25, 0.3) is 6.08 Å². The third-order valence-electron chi connectivity index (χ3n) is 2.39. The van der Waals surface area contributed by atoms with Gasteiger partial charge in [0, 0.05) is 5.02 Å². The first-order chi connectivity index (χ1) is 9.87. The zero-order chi connectivity index (χ0) is 15.5. The van der Waals surface area contributed by atoms with Gasteiger partial charge in [0.05, 0.1) is 15.5 Å². The molecule has 0 saturated heterocycles. The molecule has 0 unspecified atom stereocenters. The van der Waals surface area contributed by atoms with E-state index in [1.807, 2.05) is 6.07 Å². The summed E-state index contributed by atoms with van der Waals surface area (Å²) < 4.78 is 28.7. The Labute approximate surface area is 137 Å². The molecule has 0 amide bonds. The molecule has 0 atom stereocenters. The smallest absolute Gasteiger partial charge is 0.332 e. The number of halogens is 3. The average Bonchev–Trinajstić information content (AvgIpc) is 2.42. The van der Waals surface area contributed by atoms with Gasteiger partial charge in [0.25, 0.3) is 0 Å². The summed E-state index contributed by atoms with van der Waals surface area (Å²) in [6.45, 7) is 0. The van der Waals surface area contributed by atoms with E-state index < -0.39 is 10.1 Å². The molecule has 0 saturated carbocycles. The predicted octanol–water partition coefficient (Wildman–Crippen LogP) is 5.03. The number of rotatable bonds is 4. The Bertz CT molecular complexity index is 748. The lowest BCUT2D eigenvalue weighted by Gasteiger charge is -2.08. The lowest BCUT2D eigenvalue weighted by Crippen LogP contribution is -2.06. The standard InChI is InChI=1S/C14H9Cl3O3S/c15-11-8-12(16)14(13(17)9-11)20-21(18,19)7-6-10-4-2-1-3-5-10/h1-9H. The van der Waals surface area contributed by atoms with Crippen molar-refractivity contribution in [2.24, 2.45) is 0 Å². The van der Waals surface area contributed by atoms with E-state index in [0.29, 0.717) is 0 Å². The summed E-state index contributed by atoms with van der Waals surface area (Å²) >= 11 is 17.5. The molecule has 2 aromatic rings. The minimum absolute atomic E-state index is 0.0178. The average molecular weight is 364 g/mol. The van der Waals surface area contributed by atoms with Gasteiger partial charge >= 0.3 is 10.1 Å². The molecule has 3 nitrogen and oxygen atoms in total. The highest BCUT2D eigenvalue weighted by Gasteiger charge is 2.16. The monoisotopic (exact) mass is 362 g/mol. The van der Waals surface area contributed by atoms with Crippen molar-refractivity contribution >= 4 is 51.0 Å². The summed E-state index contributed by atoms with van der Waals surface area (Å²) in [5.41, 5.74) is 0.720. The Morgan fingerprint density at radius 2 is 1.52 bits per heavy atom. The largest absolute Gasteiger partial charge is 0.376 e. The first-order valence-corrected chi connectivity index (χ1v) is 8.30. The second-order valence-electron chi connectivity index (χ2n) is 3.99. The lowest BCUT2D eigenvalue weighted by molar-refractivity contribution is 0.497. The maximum atomic E-state index is 11.9. The Balaban J connectivity index is 2.25. The minimum Gasteiger partial charge on any atom is -0.376 e. The number of hydrogen-bond acceptors (Lipinski definition) is 3. The first kappa shape index (κ1) is 16.2. The Hall–Kier alpha value is -1.20. The van der Waals surface area contributed by atoms with Crippen LogP contribution in [0.2, 0.25) is 15.1 Å². The molecule has 0 aliphatic heterocycles. The van der Waals surface area contributed by atoms with E-state index in [2.05, 4.69) is 0 Å². The van der Waals surface area contributed by atoms with Crippen molar-refractivity contribution in [1.82, 2.24) is 0 Å². The van der Waals surface area contributed by atoms with Crippen molar-refractivity contribution in [2.75, 3.05) is 0 Å². The van der Waals surface area contributed by atoms with Gasteiger partial charge in [-0.2, -0.15) is 8.42 Å². The van der Waals surface area contributed by atoms with Gasteiger partial charge in [0.1, 0.15) is 0 Å². The van der Waals surface area contributed by atoms with E-state index >= 15 is 0 Å². The lowest BCUT2D eigenvalue weighted by atomic mass is 10.2. The molecule has 2 aromatic carbocycles. The second kappa shape index (κ2) is 6.71. The molecule has 0 spiro atoms. The van der Waals surface area contributed by atoms with Gasteiger partial charge in [-0.05, 0) is 23.8 Å². The van der Waals surface area contributed by atoms with Crippen molar-refractivity contribution in [3.63, 3.8) is 0 Å². The quantitative estimate of drug-likeness (QED) is 0.716. The van der Waals surface area contributed by atoms with Crippen molar-refractivity contribution in [3.8, 4) is 5.75 Å². The first-order valence-electron chi connectivity index (χ1n) is 5.69. The van der Waals surface area contributed by atoms with Crippen molar-refractivity contribution < 1.29 is 12.6 Å². The predicted molar refractivity (Wildman–Crippen MR) is 86.5 cm³/mol. The molecule has 0 aliphatic rings. The molecule has 0 aromatic heterocycles. The maximum absolute atomic E-state index is 11.9. The van der Waals surface area contributed by atoms with Gasteiger partial charge in [0.15, 0.2) is 5.75 Å². The molecule has 0 heterocycles. The summed E-state index contributed by atoms with van der Waals surface area (Å²) in [7, 11) is -3.98. The summed E-state index contributed by atoms with van der Waals surface area (Å²) in [5, 5.41) is 1.26. The zero-order valence-corrected chi connectivity index (χ0v) is 13.5. The number of benzene rings is 2. The van der Waals surface area contributed by atoms with E-state index in [4.69, 9.17) is 39.0 Å². The maximum Gasteiger partial charge on any atom is 0.332 e. The van der Waals surface area contributed by atoms with Crippen LogP contribution in [0, 0.1) is 0 Å². The molecule has 0 fully saturated rings. The van der Waals surface area contributed by atoms with Crippen LogP contribution in [0.3, 0.4) is 0 Å². The molecular weight excluding hydrogens is 355 g/mol. The van der Waals surface area contributed by atoms with Gasteiger partial charge < -0.3 is 4.18 Å². The fraction of sp³-hybridized carbons (Fsp3) is 0. The second-order valence-corrected chi connectivity index (χ2v) is 6.66. The Morgan fingerprint density at radius 3 is 2.10 bits per heavy atom. The van der Waals surface area contributed by atoms with Crippen molar-refractivity contribution in [2.45, 2.75) is 0 Å². The fourth-order valence-corrected chi connectivity index (χ4v) is 3.26. The van der Waals surface area contributed by atoms with Crippen LogP contribution in [0.4, 0.5) is 0 Å². The molecule has 0 bridgehead atoms. The van der Waals surface area contributed by atoms with Crippen LogP contribution in [-0.2, 0) is 10.1 Å². The van der Waals surface area contributed by atoms with E-state index in [-0.39, 0.29) is 20.8 Å². The Morgan fingerprint density at radius 1 is 0.952 bits per heavy atom. The third-order valence-corrected chi connectivity index (χ3v) is 4.04. The molecule has 0 radical (unpaired) electrons. The van der Waals surface area contributed by atoms with Crippen LogP contribution < -0.4 is 4.18 Å². The summed E-state index contributed by atoms with van der Waals surface area (Å²) in [6, 6.07) is 11.6. The highest BCUT2D eigenvalue weighted by atomic mass is 35.5. The normalized spacial score (nSPS) is 11.8. The minimum atomic E-state index is -3.98. The van der Waals surface area contributed by atoms with Crippen molar-refractivity contribution in [1.29, 1.82) is 0 Å². The molecule has 110 valence electrons. The van der Waals surface area contributed by atoms with Gasteiger partial charge in [-0.3, -0.25) is 0 Å². The Kier molecular flexibility index (Phi) is 5.17. The van der Waals surface area contributed by atoms with Crippen LogP contribution in [0.15, 0.2) is 47.9 Å². The summed E-state index contributed by atoms with van der Waals surface area (Å²) in [6.07, 6.45) is 1.41. The number of hydrogen-bond donors (Lipinski definition) is 0. The summed E-state index contributed by atoms with van der Waals surface area (Å²) in [4.78, 5) is 0. The van der Waals surface area contributed by atoms with Gasteiger partial charge in [-0.25, -0.2) is 0 Å². The molecule has 7 heteroatoms. The third kappa shape index (κ3) is 4.64. The zero-order valence-electron chi connectivity index (χ0n) is 10.5. The van der Waals surface area contributed by atoms with E-state index in [0.717, 1.165) is 11.0 Å². The fourth-order valence-electron chi connectivity index (χ4n) is 1.48.